The highest BCUT2D eigenvalue weighted by Crippen LogP contribution is 2.38. The van der Waals surface area contributed by atoms with Crippen LogP contribution < -0.4 is 14.8 Å². The summed E-state index contributed by atoms with van der Waals surface area (Å²) in [6.07, 6.45) is 0. The number of hydrogen-bond donors (Lipinski definition) is 1. The van der Waals surface area contributed by atoms with Gasteiger partial charge >= 0.3 is 0 Å². The number of nitrogens with one attached hydrogen (secondary N) is 1. The summed E-state index contributed by atoms with van der Waals surface area (Å²) in [6, 6.07) is 6.11. The van der Waals surface area contributed by atoms with Gasteiger partial charge in [-0.05, 0) is 39.0 Å². The predicted octanol–water partition coefficient (Wildman–Crippen LogP) is 3.96. The molecule has 0 radical (unpaired) electrons. The van der Waals surface area contributed by atoms with E-state index in [2.05, 4.69) is 31.1 Å². The van der Waals surface area contributed by atoms with Crippen molar-refractivity contribution in [3.8, 4) is 22.8 Å². The van der Waals surface area contributed by atoms with E-state index in [-0.39, 0.29) is 0 Å². The molecule has 2 aromatic rings. The summed E-state index contributed by atoms with van der Waals surface area (Å²) >= 11 is 1.65. The Bertz CT molecular complexity index is 594. The Morgan fingerprint density at radius 3 is 2.55 bits per heavy atom. The van der Waals surface area contributed by atoms with Gasteiger partial charge in [-0.3, -0.25) is 0 Å². The lowest BCUT2D eigenvalue weighted by Crippen LogP contribution is -2.09. The van der Waals surface area contributed by atoms with Gasteiger partial charge in [-0.15, -0.1) is 11.3 Å². The number of methoxy groups -OCH3 is 2. The molecule has 0 aliphatic rings. The van der Waals surface area contributed by atoms with Crippen LogP contribution in [-0.4, -0.2) is 25.2 Å². The minimum Gasteiger partial charge on any atom is -0.497 e. The van der Waals surface area contributed by atoms with Crippen molar-refractivity contribution in [2.24, 2.45) is 0 Å². The standard InChI is InChI=1S/C15H20N2O2S/c1-9(2)16-15-17-14(10(3)20-15)12-8-11(18-4)6-7-13(12)19-5/h6-9H,1-5H3,(H,16,17). The summed E-state index contributed by atoms with van der Waals surface area (Å²) in [4.78, 5) is 5.83. The summed E-state index contributed by atoms with van der Waals surface area (Å²) < 4.78 is 10.7. The van der Waals surface area contributed by atoms with E-state index in [9.17, 15) is 0 Å². The first-order valence-electron chi connectivity index (χ1n) is 6.51. The van der Waals surface area contributed by atoms with Crippen LogP contribution in [0.3, 0.4) is 0 Å². The molecular formula is C15H20N2O2S. The summed E-state index contributed by atoms with van der Waals surface area (Å²) in [7, 11) is 3.32. The first-order chi connectivity index (χ1) is 9.55. The molecule has 0 saturated carbocycles. The van der Waals surface area contributed by atoms with E-state index in [0.29, 0.717) is 6.04 Å². The predicted molar refractivity (Wildman–Crippen MR) is 84.1 cm³/mol. The van der Waals surface area contributed by atoms with Crippen LogP contribution in [0.15, 0.2) is 18.2 Å². The Morgan fingerprint density at radius 1 is 1.20 bits per heavy atom. The zero-order valence-electron chi connectivity index (χ0n) is 12.5. The van der Waals surface area contributed by atoms with Crippen molar-refractivity contribution in [2.45, 2.75) is 26.8 Å². The van der Waals surface area contributed by atoms with Crippen LogP contribution >= 0.6 is 11.3 Å². The number of thiazole rings is 1. The topological polar surface area (TPSA) is 43.4 Å². The minimum atomic E-state index is 0.362. The second kappa shape index (κ2) is 6.13. The van der Waals surface area contributed by atoms with Crippen molar-refractivity contribution >= 4 is 16.5 Å². The number of aromatic nitrogens is 1. The smallest absolute Gasteiger partial charge is 0.183 e. The Labute approximate surface area is 123 Å². The van der Waals surface area contributed by atoms with E-state index in [1.165, 1.54) is 0 Å². The number of anilines is 1. The molecule has 0 amide bonds. The highest BCUT2D eigenvalue weighted by Gasteiger charge is 2.15. The molecule has 1 heterocycles. The molecule has 5 heteroatoms. The third-order valence-corrected chi connectivity index (χ3v) is 3.77. The SMILES string of the molecule is COc1ccc(OC)c(-c2nc(NC(C)C)sc2C)c1. The van der Waals surface area contributed by atoms with Crippen LogP contribution in [0.4, 0.5) is 5.13 Å². The van der Waals surface area contributed by atoms with Crippen LogP contribution in [0.5, 0.6) is 11.5 Å². The van der Waals surface area contributed by atoms with E-state index in [0.717, 1.165) is 32.8 Å². The number of rotatable bonds is 5. The van der Waals surface area contributed by atoms with Crippen LogP contribution in [0.1, 0.15) is 18.7 Å². The molecule has 0 aliphatic heterocycles. The fourth-order valence-electron chi connectivity index (χ4n) is 1.95. The summed E-state index contributed by atoms with van der Waals surface area (Å²) in [5.41, 5.74) is 1.89. The maximum absolute atomic E-state index is 5.43. The van der Waals surface area contributed by atoms with Crippen molar-refractivity contribution in [3.63, 3.8) is 0 Å². The first kappa shape index (κ1) is 14.7. The lowest BCUT2D eigenvalue weighted by molar-refractivity contribution is 0.404. The molecule has 0 spiro atoms. The van der Waals surface area contributed by atoms with Crippen molar-refractivity contribution < 1.29 is 9.47 Å². The largest absolute Gasteiger partial charge is 0.497 e. The number of ether oxygens (including phenoxy) is 2. The molecule has 2 rings (SSSR count). The average Bonchev–Trinajstić information content (AvgIpc) is 2.77. The van der Waals surface area contributed by atoms with Crippen molar-refractivity contribution in [3.05, 3.63) is 23.1 Å². The van der Waals surface area contributed by atoms with Crippen LogP contribution in [0.2, 0.25) is 0 Å². The van der Waals surface area contributed by atoms with Gasteiger partial charge in [-0.25, -0.2) is 4.98 Å². The Kier molecular flexibility index (Phi) is 4.49. The highest BCUT2D eigenvalue weighted by atomic mass is 32.1. The van der Waals surface area contributed by atoms with E-state index in [4.69, 9.17) is 9.47 Å². The molecule has 0 fully saturated rings. The van der Waals surface area contributed by atoms with Crippen molar-refractivity contribution in [1.29, 1.82) is 0 Å². The molecule has 1 aromatic carbocycles. The number of aryl methyl sites for hydroxylation is 1. The third kappa shape index (κ3) is 3.04. The molecule has 0 bridgehead atoms. The quantitative estimate of drug-likeness (QED) is 0.906. The fourth-order valence-corrected chi connectivity index (χ4v) is 2.93. The van der Waals surface area contributed by atoms with Crippen molar-refractivity contribution in [2.75, 3.05) is 19.5 Å². The monoisotopic (exact) mass is 292 g/mol. The van der Waals surface area contributed by atoms with Gasteiger partial charge in [0, 0.05) is 16.5 Å². The van der Waals surface area contributed by atoms with Gasteiger partial charge in [-0.1, -0.05) is 0 Å². The van der Waals surface area contributed by atoms with E-state index >= 15 is 0 Å². The van der Waals surface area contributed by atoms with Crippen molar-refractivity contribution in [1.82, 2.24) is 4.98 Å². The van der Waals surface area contributed by atoms with E-state index in [1.807, 2.05) is 18.2 Å². The zero-order chi connectivity index (χ0) is 14.7. The van der Waals surface area contributed by atoms with Crippen LogP contribution in [0.25, 0.3) is 11.3 Å². The van der Waals surface area contributed by atoms with Gasteiger partial charge in [0.15, 0.2) is 5.13 Å². The molecule has 4 nitrogen and oxygen atoms in total. The summed E-state index contributed by atoms with van der Waals surface area (Å²) in [6.45, 7) is 6.27. The summed E-state index contributed by atoms with van der Waals surface area (Å²) in [5.74, 6) is 1.60. The highest BCUT2D eigenvalue weighted by molar-refractivity contribution is 7.16. The lowest BCUT2D eigenvalue weighted by atomic mass is 10.1. The zero-order valence-corrected chi connectivity index (χ0v) is 13.3. The van der Waals surface area contributed by atoms with Crippen LogP contribution in [-0.2, 0) is 0 Å². The second-order valence-electron chi connectivity index (χ2n) is 4.79. The Morgan fingerprint density at radius 2 is 1.95 bits per heavy atom. The molecule has 0 unspecified atom stereocenters. The van der Waals surface area contributed by atoms with Gasteiger partial charge in [0.1, 0.15) is 11.5 Å². The summed E-state index contributed by atoms with van der Waals surface area (Å²) in [5, 5.41) is 4.27. The molecule has 0 aliphatic carbocycles. The van der Waals surface area contributed by atoms with Gasteiger partial charge in [0.05, 0.1) is 19.9 Å². The van der Waals surface area contributed by atoms with Gasteiger partial charge in [0.2, 0.25) is 0 Å². The molecule has 1 aromatic heterocycles. The molecule has 108 valence electrons. The fraction of sp³-hybridized carbons (Fsp3) is 0.400. The number of hydrogen-bond acceptors (Lipinski definition) is 5. The van der Waals surface area contributed by atoms with Gasteiger partial charge in [-0.2, -0.15) is 0 Å². The Hall–Kier alpha value is -1.75. The van der Waals surface area contributed by atoms with Gasteiger partial charge in [0.25, 0.3) is 0 Å². The lowest BCUT2D eigenvalue weighted by Gasteiger charge is -2.09. The third-order valence-electron chi connectivity index (χ3n) is 2.87. The molecular weight excluding hydrogens is 272 g/mol. The minimum absolute atomic E-state index is 0.362. The Balaban J connectivity index is 2.47. The maximum Gasteiger partial charge on any atom is 0.183 e. The number of nitrogens with zero attached hydrogens (tertiary/aromatic N) is 1. The second-order valence-corrected chi connectivity index (χ2v) is 5.99. The molecule has 0 atom stereocenters. The molecule has 20 heavy (non-hydrogen) atoms. The van der Waals surface area contributed by atoms with E-state index < -0.39 is 0 Å². The molecule has 0 saturated heterocycles. The average molecular weight is 292 g/mol. The van der Waals surface area contributed by atoms with E-state index in [1.54, 1.807) is 25.6 Å². The first-order valence-corrected chi connectivity index (χ1v) is 7.33. The van der Waals surface area contributed by atoms with Gasteiger partial charge < -0.3 is 14.8 Å². The molecule has 1 N–H and O–H groups in total. The maximum atomic E-state index is 5.43. The number of benzene rings is 1. The normalized spacial score (nSPS) is 10.7. The van der Waals surface area contributed by atoms with Crippen LogP contribution in [0, 0.1) is 6.92 Å².